The van der Waals surface area contributed by atoms with Crippen LogP contribution in [0.15, 0.2) is 89.7 Å². The third-order valence-corrected chi connectivity index (χ3v) is 6.14. The molecule has 0 N–H and O–H groups in total. The maximum absolute atomic E-state index is 6.38. The molecular formula is C28H18BBrN2. The van der Waals surface area contributed by atoms with Gasteiger partial charge in [-0.1, -0.05) is 88.1 Å². The fourth-order valence-electron chi connectivity index (χ4n) is 3.78. The molecule has 0 saturated heterocycles. The van der Waals surface area contributed by atoms with Gasteiger partial charge in [-0.2, -0.15) is 0 Å². The van der Waals surface area contributed by atoms with E-state index in [1.54, 1.807) is 0 Å². The summed E-state index contributed by atoms with van der Waals surface area (Å²) in [7, 11) is 6.38. The molecule has 2 aromatic heterocycles. The number of halogens is 1. The van der Waals surface area contributed by atoms with E-state index in [9.17, 15) is 0 Å². The Morgan fingerprint density at radius 2 is 1.16 bits per heavy atom. The summed E-state index contributed by atoms with van der Waals surface area (Å²) in [6.07, 6.45) is 11.7. The van der Waals surface area contributed by atoms with Crippen LogP contribution in [0.25, 0.3) is 45.8 Å². The second-order valence-electron chi connectivity index (χ2n) is 7.50. The first-order valence-electron chi connectivity index (χ1n) is 10.3. The van der Waals surface area contributed by atoms with Crippen molar-refractivity contribution in [3.8, 4) is 0 Å². The van der Waals surface area contributed by atoms with Gasteiger partial charge in [0.05, 0.1) is 11.4 Å². The minimum absolute atomic E-state index is 0.704. The highest BCUT2D eigenvalue weighted by Crippen LogP contribution is 2.24. The summed E-state index contributed by atoms with van der Waals surface area (Å²) in [5.74, 6) is 0. The maximum Gasteiger partial charge on any atom is 0.114 e. The van der Waals surface area contributed by atoms with Gasteiger partial charge in [0.1, 0.15) is 7.85 Å². The highest BCUT2D eigenvalue weighted by molar-refractivity contribution is 9.10. The third-order valence-electron chi connectivity index (χ3n) is 5.45. The summed E-state index contributed by atoms with van der Waals surface area (Å²) < 4.78 is 0.966. The number of aromatic nitrogens is 2. The molecule has 3 aromatic carbocycles. The molecule has 2 nitrogen and oxygen atoms in total. The molecule has 0 bridgehead atoms. The Kier molecular flexibility index (Phi) is 5.70. The summed E-state index contributed by atoms with van der Waals surface area (Å²) in [4.78, 5) is 9.05. The Balaban J connectivity index is 1.45. The first kappa shape index (κ1) is 20.4. The summed E-state index contributed by atoms with van der Waals surface area (Å²) in [5, 5.41) is 4.57. The fraction of sp³-hybridized carbons (Fsp3) is 0. The molecule has 0 spiro atoms. The Bertz CT molecular complexity index is 1380. The smallest absolute Gasteiger partial charge is 0.114 e. The van der Waals surface area contributed by atoms with Crippen molar-refractivity contribution in [2.24, 2.45) is 0 Å². The first-order chi connectivity index (χ1) is 15.7. The van der Waals surface area contributed by atoms with Crippen LogP contribution in [-0.2, 0) is 0 Å². The number of hydrogen-bond donors (Lipinski definition) is 0. The van der Waals surface area contributed by atoms with Crippen molar-refractivity contribution in [2.45, 2.75) is 0 Å². The minimum Gasteiger partial charge on any atom is -0.256 e. The number of nitrogens with zero attached hydrogens (tertiary/aromatic N) is 2. The Labute approximate surface area is 196 Å². The Hall–Kier alpha value is -3.50. The van der Waals surface area contributed by atoms with E-state index in [1.165, 1.54) is 10.8 Å². The lowest BCUT2D eigenvalue weighted by Crippen LogP contribution is -2.07. The van der Waals surface area contributed by atoms with E-state index < -0.39 is 0 Å². The number of benzene rings is 3. The molecule has 0 amide bonds. The fourth-order valence-corrected chi connectivity index (χ4v) is 4.28. The van der Waals surface area contributed by atoms with E-state index in [4.69, 9.17) is 7.85 Å². The molecular weight excluding hydrogens is 455 g/mol. The van der Waals surface area contributed by atoms with E-state index in [2.05, 4.69) is 50.2 Å². The highest BCUT2D eigenvalue weighted by atomic mass is 79.9. The minimum atomic E-state index is 0.704. The van der Waals surface area contributed by atoms with E-state index in [0.29, 0.717) is 5.46 Å². The van der Waals surface area contributed by atoms with E-state index in [-0.39, 0.29) is 0 Å². The molecule has 32 heavy (non-hydrogen) atoms. The van der Waals surface area contributed by atoms with Crippen LogP contribution in [0.4, 0.5) is 0 Å². The quantitative estimate of drug-likeness (QED) is 0.272. The van der Waals surface area contributed by atoms with Crippen molar-refractivity contribution >= 4 is 75.1 Å². The van der Waals surface area contributed by atoms with Crippen LogP contribution in [-0.4, -0.2) is 17.8 Å². The molecule has 5 aromatic rings. The molecule has 2 heterocycles. The van der Waals surface area contributed by atoms with Crippen LogP contribution in [0.2, 0.25) is 0 Å². The van der Waals surface area contributed by atoms with Crippen LogP contribution in [0.3, 0.4) is 0 Å². The average molecular weight is 473 g/mol. The van der Waals surface area contributed by atoms with Gasteiger partial charge in [0.25, 0.3) is 0 Å². The van der Waals surface area contributed by atoms with Crippen LogP contribution < -0.4 is 5.46 Å². The summed E-state index contributed by atoms with van der Waals surface area (Å²) in [6, 6.07) is 24.5. The van der Waals surface area contributed by atoms with Gasteiger partial charge < -0.3 is 0 Å². The highest BCUT2D eigenvalue weighted by Gasteiger charge is 2.04. The van der Waals surface area contributed by atoms with E-state index >= 15 is 0 Å². The average Bonchev–Trinajstić information content (AvgIpc) is 2.83. The zero-order valence-electron chi connectivity index (χ0n) is 17.2. The van der Waals surface area contributed by atoms with Crippen molar-refractivity contribution in [3.63, 3.8) is 0 Å². The van der Waals surface area contributed by atoms with Crippen molar-refractivity contribution in [3.05, 3.63) is 112 Å². The van der Waals surface area contributed by atoms with Gasteiger partial charge in [-0.25, -0.2) is 0 Å². The van der Waals surface area contributed by atoms with Crippen LogP contribution in [0, 0.1) is 0 Å². The molecule has 0 unspecified atom stereocenters. The number of pyridine rings is 2. The van der Waals surface area contributed by atoms with Crippen LogP contribution in [0.1, 0.15) is 22.5 Å². The van der Waals surface area contributed by atoms with Crippen molar-refractivity contribution in [1.29, 1.82) is 0 Å². The molecule has 150 valence electrons. The second kappa shape index (κ2) is 8.93. The monoisotopic (exact) mass is 472 g/mol. The summed E-state index contributed by atoms with van der Waals surface area (Å²) in [5.41, 5.74) is 4.49. The van der Waals surface area contributed by atoms with Crippen LogP contribution >= 0.6 is 15.9 Å². The van der Waals surface area contributed by atoms with Gasteiger partial charge in [-0.3, -0.25) is 9.97 Å². The SMILES string of the molecule is [B]c1cc(/C=C/c2nccc3ccccc23)c(Br)cc1/C=C/c1nccc2ccccc12. The van der Waals surface area contributed by atoms with Gasteiger partial charge in [0.2, 0.25) is 0 Å². The number of hydrogen-bond acceptors (Lipinski definition) is 2. The normalized spacial score (nSPS) is 11.8. The molecule has 4 heteroatoms. The number of fused-ring (bicyclic) bond motifs is 2. The van der Waals surface area contributed by atoms with Gasteiger partial charge >= 0.3 is 0 Å². The lowest BCUT2D eigenvalue weighted by molar-refractivity contribution is 1.33. The predicted molar refractivity (Wildman–Crippen MR) is 141 cm³/mol. The summed E-state index contributed by atoms with van der Waals surface area (Å²) >= 11 is 3.69. The Morgan fingerprint density at radius 3 is 1.75 bits per heavy atom. The largest absolute Gasteiger partial charge is 0.256 e. The molecule has 0 fully saturated rings. The van der Waals surface area contributed by atoms with Gasteiger partial charge in [-0.05, 0) is 52.3 Å². The van der Waals surface area contributed by atoms with Crippen LogP contribution in [0.5, 0.6) is 0 Å². The lowest BCUT2D eigenvalue weighted by Gasteiger charge is -2.07. The number of rotatable bonds is 4. The Morgan fingerprint density at radius 1 is 0.625 bits per heavy atom. The van der Waals surface area contributed by atoms with E-state index in [1.807, 2.05) is 85.2 Å². The second-order valence-corrected chi connectivity index (χ2v) is 8.36. The lowest BCUT2D eigenvalue weighted by atomic mass is 9.88. The van der Waals surface area contributed by atoms with Gasteiger partial charge in [0, 0.05) is 27.6 Å². The molecule has 2 radical (unpaired) electrons. The topological polar surface area (TPSA) is 25.8 Å². The molecule has 0 aliphatic carbocycles. The van der Waals surface area contributed by atoms with Crippen molar-refractivity contribution in [1.82, 2.24) is 9.97 Å². The van der Waals surface area contributed by atoms with Gasteiger partial charge in [-0.15, -0.1) is 0 Å². The third kappa shape index (κ3) is 4.14. The molecule has 0 saturated carbocycles. The first-order valence-corrected chi connectivity index (χ1v) is 11.1. The molecule has 5 rings (SSSR count). The maximum atomic E-state index is 6.38. The zero-order chi connectivity index (χ0) is 21.9. The zero-order valence-corrected chi connectivity index (χ0v) is 18.8. The molecule has 0 atom stereocenters. The van der Waals surface area contributed by atoms with Crippen molar-refractivity contribution in [2.75, 3.05) is 0 Å². The molecule has 0 aliphatic rings. The predicted octanol–water partition coefficient (Wildman–Crippen LogP) is 6.68. The molecule has 0 aliphatic heterocycles. The van der Waals surface area contributed by atoms with Crippen molar-refractivity contribution < 1.29 is 0 Å². The van der Waals surface area contributed by atoms with Gasteiger partial charge in [0.15, 0.2) is 0 Å². The standard InChI is InChI=1S/C28H18BBrN2/c29-25-17-22(10-12-28-24-8-4-2-6-20(24)14-16-32-28)26(30)18-21(25)9-11-27-23-7-3-1-5-19(23)13-15-31-27/h1-18H/b11-9+,12-10+. The summed E-state index contributed by atoms with van der Waals surface area (Å²) in [6.45, 7) is 0. The van der Waals surface area contributed by atoms with E-state index in [0.717, 1.165) is 37.8 Å².